The Bertz CT molecular complexity index is 818. The van der Waals surface area contributed by atoms with Crippen molar-refractivity contribution in [2.45, 2.75) is 13.8 Å². The molecule has 2 nitrogen and oxygen atoms in total. The average Bonchev–Trinajstić information content (AvgIpc) is 2.81. The maximum absolute atomic E-state index is 12.5. The van der Waals surface area contributed by atoms with E-state index in [1.54, 1.807) is 0 Å². The maximum atomic E-state index is 12.5. The Hall–Kier alpha value is -1.84. The molecule has 0 unspecified atom stereocenters. The molecule has 4 heteroatoms. The fourth-order valence-electron chi connectivity index (χ4n) is 2.34. The molecule has 0 atom stereocenters. The molecule has 3 rings (SSSR count). The van der Waals surface area contributed by atoms with E-state index in [1.807, 2.05) is 56.3 Å². The number of rotatable bonds is 2. The Morgan fingerprint density at radius 3 is 2.38 bits per heavy atom. The van der Waals surface area contributed by atoms with Gasteiger partial charge in [-0.25, -0.2) is 0 Å². The Labute approximate surface area is 132 Å². The topological polar surface area (TPSA) is 29.1 Å². The summed E-state index contributed by atoms with van der Waals surface area (Å²) in [4.78, 5) is 13.1. The lowest BCUT2D eigenvalue weighted by atomic mass is 10.1. The average molecular weight is 316 g/mol. The summed E-state index contributed by atoms with van der Waals surface area (Å²) in [5.74, 6) is -0.154. The van der Waals surface area contributed by atoms with Gasteiger partial charge in [0.25, 0.3) is 5.91 Å². The summed E-state index contributed by atoms with van der Waals surface area (Å²) in [6.07, 6.45) is 0. The van der Waals surface area contributed by atoms with Crippen molar-refractivity contribution < 1.29 is 4.79 Å². The molecular weight excluding hydrogens is 302 g/mol. The SMILES string of the molecule is Cc1cccc(C)c1NC(=O)c1sc2ccccc2c1Cl. The van der Waals surface area contributed by atoms with Crippen LogP contribution in [0.1, 0.15) is 20.8 Å². The smallest absolute Gasteiger partial charge is 0.267 e. The largest absolute Gasteiger partial charge is 0.321 e. The van der Waals surface area contributed by atoms with Gasteiger partial charge in [-0.2, -0.15) is 0 Å². The summed E-state index contributed by atoms with van der Waals surface area (Å²) < 4.78 is 1.02. The quantitative estimate of drug-likeness (QED) is 0.671. The standard InChI is InChI=1S/C17H14ClNOS/c1-10-6-5-7-11(2)15(10)19-17(20)16-14(18)12-8-3-4-9-13(12)21-16/h3-9H,1-2H3,(H,19,20). The lowest BCUT2D eigenvalue weighted by molar-refractivity contribution is 0.103. The molecule has 3 aromatic rings. The highest BCUT2D eigenvalue weighted by atomic mass is 35.5. The van der Waals surface area contributed by atoms with Gasteiger partial charge in [-0.1, -0.05) is 48.0 Å². The van der Waals surface area contributed by atoms with Gasteiger partial charge in [0.1, 0.15) is 4.88 Å². The van der Waals surface area contributed by atoms with E-state index in [0.717, 1.165) is 26.9 Å². The fraction of sp³-hybridized carbons (Fsp3) is 0.118. The second-order valence-corrected chi connectivity index (χ2v) is 6.39. The van der Waals surface area contributed by atoms with Crippen molar-refractivity contribution in [3.05, 3.63) is 63.5 Å². The van der Waals surface area contributed by atoms with Crippen molar-refractivity contribution in [1.29, 1.82) is 0 Å². The van der Waals surface area contributed by atoms with Gasteiger partial charge in [0.2, 0.25) is 0 Å². The third-order valence-electron chi connectivity index (χ3n) is 3.46. The van der Waals surface area contributed by atoms with Crippen LogP contribution >= 0.6 is 22.9 Å². The van der Waals surface area contributed by atoms with Gasteiger partial charge in [-0.3, -0.25) is 4.79 Å². The molecule has 106 valence electrons. The van der Waals surface area contributed by atoms with Crippen LogP contribution in [0.2, 0.25) is 5.02 Å². The first kappa shape index (κ1) is 14.1. The second kappa shape index (κ2) is 5.51. The van der Waals surface area contributed by atoms with Crippen LogP contribution < -0.4 is 5.32 Å². The number of carbonyl (C=O) groups excluding carboxylic acids is 1. The monoisotopic (exact) mass is 315 g/mol. The number of hydrogen-bond acceptors (Lipinski definition) is 2. The molecule has 0 radical (unpaired) electrons. The summed E-state index contributed by atoms with van der Waals surface area (Å²) >= 11 is 7.77. The van der Waals surface area contributed by atoms with Crippen LogP contribution in [0.5, 0.6) is 0 Å². The van der Waals surface area contributed by atoms with Crippen LogP contribution in [-0.4, -0.2) is 5.91 Å². The molecule has 0 fully saturated rings. The van der Waals surface area contributed by atoms with Gasteiger partial charge in [0.15, 0.2) is 0 Å². The number of fused-ring (bicyclic) bond motifs is 1. The summed E-state index contributed by atoms with van der Waals surface area (Å²) in [5, 5.41) is 4.44. The van der Waals surface area contributed by atoms with E-state index in [1.165, 1.54) is 11.3 Å². The number of halogens is 1. The van der Waals surface area contributed by atoms with E-state index in [-0.39, 0.29) is 5.91 Å². The summed E-state index contributed by atoms with van der Waals surface area (Å²) in [5.41, 5.74) is 2.94. The minimum Gasteiger partial charge on any atom is -0.321 e. The molecule has 0 saturated carbocycles. The number of para-hydroxylation sites is 1. The zero-order valence-electron chi connectivity index (χ0n) is 11.7. The van der Waals surface area contributed by atoms with Crippen molar-refractivity contribution >= 4 is 44.6 Å². The van der Waals surface area contributed by atoms with E-state index in [9.17, 15) is 4.79 Å². The van der Waals surface area contributed by atoms with Gasteiger partial charge in [-0.05, 0) is 31.0 Å². The third-order valence-corrected chi connectivity index (χ3v) is 5.13. The van der Waals surface area contributed by atoms with Gasteiger partial charge >= 0.3 is 0 Å². The zero-order chi connectivity index (χ0) is 15.0. The van der Waals surface area contributed by atoms with Crippen molar-refractivity contribution in [2.24, 2.45) is 0 Å². The molecule has 1 aromatic heterocycles. The van der Waals surface area contributed by atoms with Crippen molar-refractivity contribution in [2.75, 3.05) is 5.32 Å². The number of anilines is 1. The summed E-state index contributed by atoms with van der Waals surface area (Å²) in [7, 11) is 0. The molecule has 0 aliphatic carbocycles. The van der Waals surface area contributed by atoms with Crippen LogP contribution in [0.25, 0.3) is 10.1 Å². The Morgan fingerprint density at radius 1 is 1.05 bits per heavy atom. The number of aryl methyl sites for hydroxylation is 2. The van der Waals surface area contributed by atoms with E-state index in [4.69, 9.17) is 11.6 Å². The van der Waals surface area contributed by atoms with Crippen LogP contribution in [0.4, 0.5) is 5.69 Å². The van der Waals surface area contributed by atoms with E-state index >= 15 is 0 Å². The highest BCUT2D eigenvalue weighted by Gasteiger charge is 2.18. The normalized spacial score (nSPS) is 10.8. The molecule has 1 N–H and O–H groups in total. The first-order valence-electron chi connectivity index (χ1n) is 6.62. The number of benzene rings is 2. The highest BCUT2D eigenvalue weighted by molar-refractivity contribution is 7.21. The van der Waals surface area contributed by atoms with Crippen LogP contribution in [0.3, 0.4) is 0 Å². The third kappa shape index (κ3) is 2.55. The van der Waals surface area contributed by atoms with Crippen LogP contribution in [-0.2, 0) is 0 Å². The summed E-state index contributed by atoms with van der Waals surface area (Å²) in [6.45, 7) is 3.96. The molecule has 0 aliphatic heterocycles. The van der Waals surface area contributed by atoms with E-state index < -0.39 is 0 Å². The number of nitrogens with one attached hydrogen (secondary N) is 1. The van der Waals surface area contributed by atoms with Crippen molar-refractivity contribution in [3.63, 3.8) is 0 Å². The van der Waals surface area contributed by atoms with Crippen LogP contribution in [0, 0.1) is 13.8 Å². The van der Waals surface area contributed by atoms with Crippen LogP contribution in [0.15, 0.2) is 42.5 Å². The number of carbonyl (C=O) groups is 1. The first-order chi connectivity index (χ1) is 10.1. The van der Waals surface area contributed by atoms with Gasteiger partial charge in [0.05, 0.1) is 5.02 Å². The number of amides is 1. The molecule has 1 heterocycles. The summed E-state index contributed by atoms with van der Waals surface area (Å²) in [6, 6.07) is 13.7. The number of thiophene rings is 1. The van der Waals surface area contributed by atoms with Crippen molar-refractivity contribution in [1.82, 2.24) is 0 Å². The highest BCUT2D eigenvalue weighted by Crippen LogP contribution is 2.35. The molecule has 0 aliphatic rings. The minimum absolute atomic E-state index is 0.154. The molecule has 21 heavy (non-hydrogen) atoms. The molecular formula is C17H14ClNOS. The number of hydrogen-bond donors (Lipinski definition) is 1. The Balaban J connectivity index is 2.00. The zero-order valence-corrected chi connectivity index (χ0v) is 13.3. The maximum Gasteiger partial charge on any atom is 0.267 e. The van der Waals surface area contributed by atoms with Gasteiger partial charge in [0, 0.05) is 15.8 Å². The second-order valence-electron chi connectivity index (χ2n) is 4.96. The Kier molecular flexibility index (Phi) is 3.70. The lowest BCUT2D eigenvalue weighted by Crippen LogP contribution is -2.12. The Morgan fingerprint density at radius 2 is 1.71 bits per heavy atom. The lowest BCUT2D eigenvalue weighted by Gasteiger charge is -2.10. The predicted octanol–water partition coefficient (Wildman–Crippen LogP) is 5.42. The predicted molar refractivity (Wildman–Crippen MR) is 90.7 cm³/mol. The molecule has 0 bridgehead atoms. The molecule has 1 amide bonds. The molecule has 0 saturated heterocycles. The minimum atomic E-state index is -0.154. The van der Waals surface area contributed by atoms with E-state index in [2.05, 4.69) is 5.32 Å². The molecule has 2 aromatic carbocycles. The van der Waals surface area contributed by atoms with Gasteiger partial charge < -0.3 is 5.32 Å². The van der Waals surface area contributed by atoms with Crippen molar-refractivity contribution in [3.8, 4) is 0 Å². The molecule has 0 spiro atoms. The van der Waals surface area contributed by atoms with Gasteiger partial charge in [-0.15, -0.1) is 11.3 Å². The van der Waals surface area contributed by atoms with E-state index in [0.29, 0.717) is 9.90 Å². The first-order valence-corrected chi connectivity index (χ1v) is 7.82. The fourth-order valence-corrected chi connectivity index (χ4v) is 3.75.